The molecule has 7 heterocycles. The van der Waals surface area contributed by atoms with E-state index in [0.717, 1.165) is 106 Å². The first kappa shape index (κ1) is 30.5. The van der Waals surface area contributed by atoms with Gasteiger partial charge in [-0.3, -0.25) is 24.4 Å². The van der Waals surface area contributed by atoms with Crippen LogP contribution in [0.5, 0.6) is 0 Å². The summed E-state index contributed by atoms with van der Waals surface area (Å²) < 4.78 is 2.07. The molecule has 1 saturated heterocycles. The van der Waals surface area contributed by atoms with Gasteiger partial charge in [-0.05, 0) is 73.8 Å². The highest BCUT2D eigenvalue weighted by Crippen LogP contribution is 2.36. The summed E-state index contributed by atoms with van der Waals surface area (Å²) in [7, 11) is 0. The second-order valence-corrected chi connectivity index (χ2v) is 13.7. The summed E-state index contributed by atoms with van der Waals surface area (Å²) in [5, 5.41) is 21.2. The molecule has 0 bridgehead atoms. The molecule has 1 unspecified atom stereocenters. The van der Waals surface area contributed by atoms with Gasteiger partial charge in [0.15, 0.2) is 17.3 Å². The van der Waals surface area contributed by atoms with Crippen LogP contribution in [0.25, 0.3) is 56.0 Å². The number of fused-ring (bicyclic) bond motifs is 4. The first-order valence-electron chi connectivity index (χ1n) is 17.8. The summed E-state index contributed by atoms with van der Waals surface area (Å²) in [6, 6.07) is 29.7. The largest absolute Gasteiger partial charge is 0.348 e. The smallest absolute Gasteiger partial charge is 0.199 e. The average molecular weight is 682 g/mol. The maximum Gasteiger partial charge on any atom is 0.199 e. The maximum atomic E-state index is 5.28. The van der Waals surface area contributed by atoms with E-state index in [1.165, 1.54) is 5.56 Å². The Morgan fingerprint density at radius 2 is 1.71 bits per heavy atom. The molecule has 2 N–H and O–H groups in total. The lowest BCUT2D eigenvalue weighted by Gasteiger charge is -2.31. The SMILES string of the molecule is C1=NC2CC=C(c3nnc4c5cc(-c6ccccc6)c(-c6ccc(CN7CCC(c8nc(-c9ccccn9)n[nH]8)CC7)cc6)nc5ccn34)C=C2N1. The fraction of sp³-hybridized carbons (Fsp3) is 0.195. The van der Waals surface area contributed by atoms with Gasteiger partial charge in [0.05, 0.1) is 23.6 Å². The first-order chi connectivity index (χ1) is 25.7. The number of hydrogen-bond donors (Lipinski definition) is 2. The molecular formula is C41H35N11. The molecule has 1 fully saturated rings. The Balaban J connectivity index is 0.899. The molecule has 11 heteroatoms. The minimum atomic E-state index is 0.171. The monoisotopic (exact) mass is 681 g/mol. The van der Waals surface area contributed by atoms with Crippen molar-refractivity contribution in [3.63, 3.8) is 0 Å². The Bertz CT molecular complexity index is 2510. The number of likely N-dealkylation sites (tertiary alicyclic amines) is 1. The topological polar surface area (TPSA) is 125 Å². The van der Waals surface area contributed by atoms with E-state index in [0.29, 0.717) is 11.7 Å². The standard InChI is InChI=1S/C41H35N11/c1-2-6-27(7-3-1)31-23-32-33(17-21-52-40(49-50-41(32)52)30-13-14-34-36(22-30)44-25-43-34)45-37(31)28-11-9-26(10-12-28)24-51-19-15-29(16-20-51)38-46-39(48-47-38)35-8-4-5-18-42-35/h1-13,17-18,21-23,25,29,34H,14-16,19-20,24H2,(H,43,44)(H,46,47,48). The molecule has 0 amide bonds. The van der Waals surface area contributed by atoms with E-state index >= 15 is 0 Å². The molecular weight excluding hydrogens is 647 g/mol. The van der Waals surface area contributed by atoms with Crippen LogP contribution in [-0.2, 0) is 6.54 Å². The highest BCUT2D eigenvalue weighted by molar-refractivity contribution is 5.98. The Labute approximate surface area is 299 Å². The van der Waals surface area contributed by atoms with Crippen molar-refractivity contribution in [2.24, 2.45) is 4.99 Å². The van der Waals surface area contributed by atoms with Crippen molar-refractivity contribution in [3.8, 4) is 33.9 Å². The van der Waals surface area contributed by atoms with E-state index in [1.807, 2.05) is 30.5 Å². The summed E-state index contributed by atoms with van der Waals surface area (Å²) in [6.07, 6.45) is 12.8. The maximum absolute atomic E-state index is 5.28. The van der Waals surface area contributed by atoms with Crippen LogP contribution in [0, 0.1) is 0 Å². The Kier molecular flexibility index (Phi) is 7.49. The van der Waals surface area contributed by atoms with Gasteiger partial charge in [0.2, 0.25) is 0 Å². The minimum absolute atomic E-state index is 0.171. The number of pyridine rings is 3. The number of hydrogen-bond acceptors (Lipinski definition) is 9. The van der Waals surface area contributed by atoms with Gasteiger partial charge < -0.3 is 5.32 Å². The van der Waals surface area contributed by atoms with Crippen molar-refractivity contribution in [2.45, 2.75) is 37.8 Å². The van der Waals surface area contributed by atoms with E-state index in [-0.39, 0.29) is 6.04 Å². The first-order valence-corrected chi connectivity index (χ1v) is 17.8. The van der Waals surface area contributed by atoms with Crippen LogP contribution in [0.4, 0.5) is 0 Å². The van der Waals surface area contributed by atoms with Gasteiger partial charge in [0.25, 0.3) is 0 Å². The van der Waals surface area contributed by atoms with Crippen molar-refractivity contribution in [1.82, 2.24) is 50.0 Å². The van der Waals surface area contributed by atoms with Crippen LogP contribution < -0.4 is 5.32 Å². The average Bonchev–Trinajstić information content (AvgIpc) is 3.99. The number of H-pyrrole nitrogens is 1. The van der Waals surface area contributed by atoms with Gasteiger partial charge in [0.1, 0.15) is 11.5 Å². The number of aromatic amines is 1. The van der Waals surface area contributed by atoms with Gasteiger partial charge in [-0.25, -0.2) is 9.97 Å². The van der Waals surface area contributed by atoms with E-state index in [2.05, 4.69) is 118 Å². The zero-order valence-corrected chi connectivity index (χ0v) is 28.4. The number of nitrogens with one attached hydrogen (secondary N) is 2. The third-order valence-electron chi connectivity index (χ3n) is 10.4. The third kappa shape index (κ3) is 5.55. The van der Waals surface area contributed by atoms with Crippen molar-refractivity contribution in [2.75, 3.05) is 13.1 Å². The fourth-order valence-electron chi connectivity index (χ4n) is 7.63. The van der Waals surface area contributed by atoms with Crippen molar-refractivity contribution in [1.29, 1.82) is 0 Å². The van der Waals surface area contributed by atoms with Crippen LogP contribution in [0.2, 0.25) is 0 Å². The van der Waals surface area contributed by atoms with Crippen LogP contribution in [0.1, 0.15) is 42.4 Å². The number of aliphatic imine (C=N–C) groups is 1. The van der Waals surface area contributed by atoms with E-state index in [1.54, 1.807) is 12.5 Å². The highest BCUT2D eigenvalue weighted by atomic mass is 15.3. The normalized spacial score (nSPS) is 17.7. The van der Waals surface area contributed by atoms with E-state index in [9.17, 15) is 0 Å². The van der Waals surface area contributed by atoms with Gasteiger partial charge >= 0.3 is 0 Å². The molecule has 1 atom stereocenters. The quantitative estimate of drug-likeness (QED) is 0.187. The van der Waals surface area contributed by atoms with E-state index in [4.69, 9.17) is 9.97 Å². The zero-order chi connectivity index (χ0) is 34.4. The summed E-state index contributed by atoms with van der Waals surface area (Å²) >= 11 is 0. The summed E-state index contributed by atoms with van der Waals surface area (Å²) in [5.74, 6) is 2.81. The molecule has 11 nitrogen and oxygen atoms in total. The molecule has 52 heavy (non-hydrogen) atoms. The molecule has 10 rings (SSSR count). The Morgan fingerprint density at radius 3 is 2.56 bits per heavy atom. The van der Waals surface area contributed by atoms with Gasteiger partial charge in [-0.15, -0.1) is 10.2 Å². The van der Waals surface area contributed by atoms with E-state index < -0.39 is 0 Å². The summed E-state index contributed by atoms with van der Waals surface area (Å²) in [4.78, 5) is 21.5. The zero-order valence-electron chi connectivity index (χ0n) is 28.4. The number of rotatable bonds is 7. The molecule has 2 aromatic carbocycles. The predicted octanol–water partition coefficient (Wildman–Crippen LogP) is 6.84. The number of benzene rings is 2. The fourth-order valence-corrected chi connectivity index (χ4v) is 7.63. The molecule has 7 aromatic rings. The molecule has 1 aliphatic carbocycles. The van der Waals surface area contributed by atoms with Crippen molar-refractivity contribution < 1.29 is 0 Å². The van der Waals surface area contributed by atoms with Gasteiger partial charge in [-0.1, -0.05) is 66.7 Å². The Hall–Kier alpha value is -6.33. The molecule has 3 aliphatic rings. The lowest BCUT2D eigenvalue weighted by Crippen LogP contribution is -2.32. The molecule has 0 spiro atoms. The van der Waals surface area contributed by atoms with Crippen molar-refractivity contribution >= 4 is 28.5 Å². The third-order valence-corrected chi connectivity index (χ3v) is 10.4. The second-order valence-electron chi connectivity index (χ2n) is 13.7. The second kappa shape index (κ2) is 12.8. The molecule has 254 valence electrons. The summed E-state index contributed by atoms with van der Waals surface area (Å²) in [6.45, 7) is 2.93. The lowest BCUT2D eigenvalue weighted by molar-refractivity contribution is 0.202. The minimum Gasteiger partial charge on any atom is -0.348 e. The van der Waals surface area contributed by atoms with Crippen LogP contribution >= 0.6 is 0 Å². The number of piperidine rings is 1. The predicted molar refractivity (Wildman–Crippen MR) is 202 cm³/mol. The molecule has 5 aromatic heterocycles. The van der Waals surface area contributed by atoms with Gasteiger partial charge in [-0.2, -0.15) is 5.10 Å². The van der Waals surface area contributed by atoms with Crippen LogP contribution in [0.15, 0.2) is 120 Å². The van der Waals surface area contributed by atoms with Crippen LogP contribution in [0.3, 0.4) is 0 Å². The molecule has 0 saturated carbocycles. The van der Waals surface area contributed by atoms with Crippen LogP contribution in [-0.4, -0.2) is 70.1 Å². The molecule has 2 aliphatic heterocycles. The summed E-state index contributed by atoms with van der Waals surface area (Å²) in [5.41, 5.74) is 10.1. The number of allylic oxidation sites excluding steroid dienone is 2. The lowest BCUT2D eigenvalue weighted by atomic mass is 9.95. The molecule has 0 radical (unpaired) electrons. The Morgan fingerprint density at radius 1 is 0.846 bits per heavy atom. The van der Waals surface area contributed by atoms with Crippen molar-refractivity contribution in [3.05, 3.63) is 132 Å². The number of nitrogens with zero attached hydrogens (tertiary/aromatic N) is 9. The number of aromatic nitrogens is 8. The highest BCUT2D eigenvalue weighted by Gasteiger charge is 2.25. The van der Waals surface area contributed by atoms with Gasteiger partial charge in [0, 0.05) is 52.6 Å².